The average molecular weight is 371 g/mol. The lowest BCUT2D eigenvalue weighted by atomic mass is 10.0. The maximum Gasteiger partial charge on any atom is 0.419 e. The van der Waals surface area contributed by atoms with Gasteiger partial charge in [0.1, 0.15) is 6.10 Å². The highest BCUT2D eigenvalue weighted by molar-refractivity contribution is 7.08. The van der Waals surface area contributed by atoms with Crippen LogP contribution in [0, 0.1) is 0 Å². The number of amides is 2. The summed E-state index contributed by atoms with van der Waals surface area (Å²) in [6.45, 7) is 3.04. The minimum Gasteiger partial charge on any atom is -0.445 e. The number of para-hydroxylation sites is 2. The van der Waals surface area contributed by atoms with Crippen LogP contribution in [0.3, 0.4) is 0 Å². The third-order valence-electron chi connectivity index (χ3n) is 5.13. The zero-order valence-corrected chi connectivity index (χ0v) is 15.6. The first-order valence-electron chi connectivity index (χ1n) is 8.72. The highest BCUT2D eigenvalue weighted by atomic mass is 32.1. The molecule has 136 valence electrons. The maximum atomic E-state index is 13.1. The molecule has 2 aliphatic heterocycles. The van der Waals surface area contributed by atoms with Crippen LogP contribution in [-0.2, 0) is 4.74 Å². The molecule has 7 heteroatoms. The molecule has 0 saturated carbocycles. The highest BCUT2D eigenvalue weighted by Crippen LogP contribution is 2.40. The van der Waals surface area contributed by atoms with E-state index in [4.69, 9.17) is 4.74 Å². The lowest BCUT2D eigenvalue weighted by Crippen LogP contribution is -2.42. The minimum absolute atomic E-state index is 0.116. The number of thiophene rings is 1. The Morgan fingerprint density at radius 1 is 1.27 bits per heavy atom. The first-order valence-corrected chi connectivity index (χ1v) is 9.66. The van der Waals surface area contributed by atoms with Crippen LogP contribution >= 0.6 is 11.3 Å². The van der Waals surface area contributed by atoms with Gasteiger partial charge >= 0.3 is 6.09 Å². The molecule has 0 unspecified atom stereocenters. The van der Waals surface area contributed by atoms with Gasteiger partial charge in [-0.2, -0.15) is 0 Å². The smallest absolute Gasteiger partial charge is 0.419 e. The maximum absolute atomic E-state index is 13.1. The number of rotatable bonds is 1. The molecular weight excluding hydrogens is 350 g/mol. The van der Waals surface area contributed by atoms with Crippen LogP contribution in [0.5, 0.6) is 0 Å². The van der Waals surface area contributed by atoms with Crippen LogP contribution in [0.15, 0.2) is 35.0 Å². The summed E-state index contributed by atoms with van der Waals surface area (Å²) in [5.74, 6) is -0.211. The molecule has 3 heterocycles. The molecule has 2 atom stereocenters. The lowest BCUT2D eigenvalue weighted by Gasteiger charge is -2.35. The molecule has 0 bridgehead atoms. The van der Waals surface area contributed by atoms with E-state index in [1.54, 1.807) is 11.4 Å². The van der Waals surface area contributed by atoms with E-state index < -0.39 is 6.09 Å². The van der Waals surface area contributed by atoms with Gasteiger partial charge in [-0.15, -0.1) is 11.3 Å². The quantitative estimate of drug-likeness (QED) is 0.821. The van der Waals surface area contributed by atoms with Gasteiger partial charge in [0.15, 0.2) is 0 Å². The topological polar surface area (TPSA) is 61.9 Å². The molecular formula is C19H21N3O3S. The predicted octanol–water partition coefficient (Wildman–Crippen LogP) is 4.07. The standard InChI is InChI=1S/C19H21N3O3S/c1-12-9-13(7-8-21(12)2)25-19(24)22-16-6-4-3-5-15(16)20-18(23)14-10-26-11-17(14)22/h3-6,10-13H,7-9H2,1-2H3,(H,20,23)/t12-,13-/m1/s1. The molecule has 0 radical (unpaired) electrons. The third-order valence-corrected chi connectivity index (χ3v) is 5.86. The molecule has 2 aliphatic rings. The van der Waals surface area contributed by atoms with Crippen molar-refractivity contribution < 1.29 is 14.3 Å². The number of nitrogens with one attached hydrogen (secondary N) is 1. The Bertz CT molecular complexity index is 850. The fourth-order valence-corrected chi connectivity index (χ4v) is 4.27. The minimum atomic E-state index is -0.435. The number of carbonyl (C=O) groups is 2. The van der Waals surface area contributed by atoms with Crippen molar-refractivity contribution in [2.75, 3.05) is 23.8 Å². The van der Waals surface area contributed by atoms with Gasteiger partial charge in [-0.25, -0.2) is 9.69 Å². The van der Waals surface area contributed by atoms with E-state index in [-0.39, 0.29) is 12.0 Å². The molecule has 26 heavy (non-hydrogen) atoms. The summed E-state index contributed by atoms with van der Waals surface area (Å²) in [6, 6.07) is 7.67. The summed E-state index contributed by atoms with van der Waals surface area (Å²) in [7, 11) is 2.09. The Morgan fingerprint density at radius 2 is 2.08 bits per heavy atom. The monoisotopic (exact) mass is 371 g/mol. The summed E-state index contributed by atoms with van der Waals surface area (Å²) in [4.78, 5) is 29.4. The summed E-state index contributed by atoms with van der Waals surface area (Å²) in [6.07, 6.45) is 1.08. The van der Waals surface area contributed by atoms with Gasteiger partial charge < -0.3 is 15.0 Å². The summed E-state index contributed by atoms with van der Waals surface area (Å²) < 4.78 is 5.85. The van der Waals surface area contributed by atoms with Crippen molar-refractivity contribution in [2.24, 2.45) is 0 Å². The average Bonchev–Trinajstić information content (AvgIpc) is 3.05. The molecule has 0 aliphatic carbocycles. The SMILES string of the molecule is C[C@@H]1C[C@H](OC(=O)N2c3ccccc3NC(=O)c3cscc32)CCN1C. The van der Waals surface area contributed by atoms with E-state index in [0.29, 0.717) is 28.7 Å². The molecule has 1 N–H and O–H groups in total. The van der Waals surface area contributed by atoms with Crippen LogP contribution < -0.4 is 10.2 Å². The zero-order valence-electron chi connectivity index (χ0n) is 14.8. The number of benzene rings is 1. The van der Waals surface area contributed by atoms with Crippen molar-refractivity contribution in [3.05, 3.63) is 40.6 Å². The number of fused-ring (bicyclic) bond motifs is 2. The number of hydrogen-bond acceptors (Lipinski definition) is 5. The molecule has 1 fully saturated rings. The molecule has 1 aromatic heterocycles. The first kappa shape index (κ1) is 17.1. The van der Waals surface area contributed by atoms with Crippen molar-refractivity contribution in [3.8, 4) is 0 Å². The van der Waals surface area contributed by atoms with E-state index in [1.807, 2.05) is 23.6 Å². The van der Waals surface area contributed by atoms with Crippen LogP contribution in [0.4, 0.5) is 21.9 Å². The molecule has 6 nitrogen and oxygen atoms in total. The second-order valence-electron chi connectivity index (χ2n) is 6.84. The van der Waals surface area contributed by atoms with Gasteiger partial charge in [0, 0.05) is 23.3 Å². The number of ether oxygens (including phenoxy) is 1. The molecule has 1 aromatic carbocycles. The van der Waals surface area contributed by atoms with Gasteiger partial charge in [-0.3, -0.25) is 4.79 Å². The van der Waals surface area contributed by atoms with Gasteiger partial charge in [0.2, 0.25) is 0 Å². The number of piperidine rings is 1. The number of hydrogen-bond donors (Lipinski definition) is 1. The van der Waals surface area contributed by atoms with E-state index >= 15 is 0 Å². The summed E-state index contributed by atoms with van der Waals surface area (Å²) >= 11 is 1.39. The predicted molar refractivity (Wildman–Crippen MR) is 102 cm³/mol. The lowest BCUT2D eigenvalue weighted by molar-refractivity contribution is 0.0417. The first-order chi connectivity index (χ1) is 12.5. The van der Waals surface area contributed by atoms with Crippen LogP contribution in [0.1, 0.15) is 30.1 Å². The van der Waals surface area contributed by atoms with E-state index in [2.05, 4.69) is 24.2 Å². The third kappa shape index (κ3) is 2.97. The molecule has 1 saturated heterocycles. The molecule has 0 spiro atoms. The Hall–Kier alpha value is -2.38. The van der Waals surface area contributed by atoms with E-state index in [0.717, 1.165) is 19.4 Å². The Kier molecular flexibility index (Phi) is 4.42. The Morgan fingerprint density at radius 3 is 2.88 bits per heavy atom. The number of anilines is 3. The van der Waals surface area contributed by atoms with Crippen LogP contribution in [0.2, 0.25) is 0 Å². The Labute approximate surface area is 156 Å². The number of carbonyl (C=O) groups excluding carboxylic acids is 2. The fourth-order valence-electron chi connectivity index (χ4n) is 3.47. The summed E-state index contributed by atoms with van der Waals surface area (Å²) in [5, 5.41) is 6.45. The van der Waals surface area contributed by atoms with Crippen molar-refractivity contribution in [1.29, 1.82) is 0 Å². The van der Waals surface area contributed by atoms with Crippen LogP contribution in [0.25, 0.3) is 0 Å². The van der Waals surface area contributed by atoms with E-state index in [9.17, 15) is 9.59 Å². The van der Waals surface area contributed by atoms with Crippen molar-refractivity contribution in [3.63, 3.8) is 0 Å². The van der Waals surface area contributed by atoms with Crippen molar-refractivity contribution >= 4 is 40.4 Å². The normalized spacial score (nSPS) is 22.8. The van der Waals surface area contributed by atoms with Gasteiger partial charge in [-0.05, 0) is 38.9 Å². The van der Waals surface area contributed by atoms with Gasteiger partial charge in [-0.1, -0.05) is 12.1 Å². The second kappa shape index (κ2) is 6.74. The van der Waals surface area contributed by atoms with Gasteiger partial charge in [0.05, 0.1) is 22.6 Å². The summed E-state index contributed by atoms with van der Waals surface area (Å²) in [5.41, 5.74) is 2.29. The largest absolute Gasteiger partial charge is 0.445 e. The fraction of sp³-hybridized carbons (Fsp3) is 0.368. The molecule has 4 rings (SSSR count). The highest BCUT2D eigenvalue weighted by Gasteiger charge is 2.33. The van der Waals surface area contributed by atoms with Crippen molar-refractivity contribution in [2.45, 2.75) is 31.9 Å². The zero-order chi connectivity index (χ0) is 18.3. The van der Waals surface area contributed by atoms with Crippen molar-refractivity contribution in [1.82, 2.24) is 4.90 Å². The number of likely N-dealkylation sites (tertiary alicyclic amines) is 1. The Balaban J connectivity index is 1.66. The molecule has 2 aromatic rings. The second-order valence-corrected chi connectivity index (χ2v) is 7.58. The van der Waals surface area contributed by atoms with Gasteiger partial charge in [0.25, 0.3) is 5.91 Å². The van der Waals surface area contributed by atoms with Crippen LogP contribution in [-0.4, -0.2) is 42.6 Å². The molecule has 2 amide bonds. The van der Waals surface area contributed by atoms with E-state index in [1.165, 1.54) is 16.2 Å². The number of nitrogens with zero attached hydrogens (tertiary/aromatic N) is 2.